The van der Waals surface area contributed by atoms with Crippen molar-refractivity contribution in [2.45, 2.75) is 19.4 Å². The van der Waals surface area contributed by atoms with Crippen LogP contribution < -0.4 is 4.74 Å². The summed E-state index contributed by atoms with van der Waals surface area (Å²) >= 11 is 13.8. The SMILES string of the molecule is Cc1ccc(C(=O)c2cc3c(c(Cl)c2Cl)OC(C=O)C3)s1. The van der Waals surface area contributed by atoms with Crippen molar-refractivity contribution in [3.05, 3.63) is 49.1 Å². The van der Waals surface area contributed by atoms with Crippen molar-refractivity contribution in [3.63, 3.8) is 0 Å². The van der Waals surface area contributed by atoms with Crippen LogP contribution in [0.3, 0.4) is 0 Å². The Labute approximate surface area is 135 Å². The maximum atomic E-state index is 12.5. The van der Waals surface area contributed by atoms with Gasteiger partial charge in [0.25, 0.3) is 0 Å². The summed E-state index contributed by atoms with van der Waals surface area (Å²) in [5.41, 5.74) is 1.08. The highest BCUT2D eigenvalue weighted by molar-refractivity contribution is 7.14. The molecule has 1 aliphatic rings. The Morgan fingerprint density at radius 1 is 1.38 bits per heavy atom. The molecular formula is C15H10Cl2O3S. The molecule has 6 heteroatoms. The first-order valence-electron chi connectivity index (χ1n) is 6.25. The van der Waals surface area contributed by atoms with E-state index in [9.17, 15) is 9.59 Å². The number of aryl methyl sites for hydroxylation is 1. The van der Waals surface area contributed by atoms with Gasteiger partial charge in [-0.2, -0.15) is 0 Å². The molecule has 1 unspecified atom stereocenters. The van der Waals surface area contributed by atoms with Crippen molar-refractivity contribution in [1.82, 2.24) is 0 Å². The molecule has 3 rings (SSSR count). The highest BCUT2D eigenvalue weighted by atomic mass is 35.5. The van der Waals surface area contributed by atoms with Gasteiger partial charge in [-0.25, -0.2) is 0 Å². The van der Waals surface area contributed by atoms with Gasteiger partial charge in [-0.05, 0) is 25.1 Å². The van der Waals surface area contributed by atoms with Crippen LogP contribution in [0.25, 0.3) is 0 Å². The first kappa shape index (κ1) is 14.6. The molecule has 1 atom stereocenters. The van der Waals surface area contributed by atoms with E-state index in [0.29, 0.717) is 28.9 Å². The number of thiophene rings is 1. The van der Waals surface area contributed by atoms with E-state index in [1.165, 1.54) is 11.3 Å². The zero-order chi connectivity index (χ0) is 15.1. The molecule has 0 bridgehead atoms. The number of benzene rings is 1. The summed E-state index contributed by atoms with van der Waals surface area (Å²) in [6.07, 6.45) is 0.552. The molecule has 0 fully saturated rings. The number of carbonyl (C=O) groups is 2. The zero-order valence-electron chi connectivity index (χ0n) is 11.0. The minimum Gasteiger partial charge on any atom is -0.481 e. The van der Waals surface area contributed by atoms with Crippen molar-refractivity contribution in [1.29, 1.82) is 0 Å². The second kappa shape index (κ2) is 5.44. The lowest BCUT2D eigenvalue weighted by Crippen LogP contribution is -2.13. The molecule has 1 aromatic carbocycles. The monoisotopic (exact) mass is 340 g/mol. The molecular weight excluding hydrogens is 331 g/mol. The number of hydrogen-bond acceptors (Lipinski definition) is 4. The van der Waals surface area contributed by atoms with E-state index in [4.69, 9.17) is 27.9 Å². The zero-order valence-corrected chi connectivity index (χ0v) is 13.3. The fraction of sp³-hybridized carbons (Fsp3) is 0.200. The van der Waals surface area contributed by atoms with E-state index in [-0.39, 0.29) is 15.8 Å². The smallest absolute Gasteiger partial charge is 0.204 e. The van der Waals surface area contributed by atoms with Gasteiger partial charge in [0.1, 0.15) is 10.8 Å². The van der Waals surface area contributed by atoms with Gasteiger partial charge in [0, 0.05) is 22.4 Å². The van der Waals surface area contributed by atoms with E-state index in [1.807, 2.05) is 13.0 Å². The number of carbonyl (C=O) groups excluding carboxylic acids is 2. The third kappa shape index (κ3) is 2.48. The Hall–Kier alpha value is -1.36. The van der Waals surface area contributed by atoms with Gasteiger partial charge in [-0.1, -0.05) is 23.2 Å². The van der Waals surface area contributed by atoms with Gasteiger partial charge in [-0.3, -0.25) is 9.59 Å². The number of halogens is 2. The molecule has 0 N–H and O–H groups in total. The van der Waals surface area contributed by atoms with Gasteiger partial charge in [-0.15, -0.1) is 11.3 Å². The van der Waals surface area contributed by atoms with Crippen LogP contribution in [0, 0.1) is 6.92 Å². The van der Waals surface area contributed by atoms with E-state index in [2.05, 4.69) is 0 Å². The van der Waals surface area contributed by atoms with Crippen molar-refractivity contribution >= 4 is 46.6 Å². The fourth-order valence-electron chi connectivity index (χ4n) is 2.28. The summed E-state index contributed by atoms with van der Waals surface area (Å²) in [4.78, 5) is 25.0. The Kier molecular flexibility index (Phi) is 3.78. The van der Waals surface area contributed by atoms with Crippen molar-refractivity contribution in [2.75, 3.05) is 0 Å². The Morgan fingerprint density at radius 3 is 2.76 bits per heavy atom. The highest BCUT2D eigenvalue weighted by Gasteiger charge is 2.29. The third-order valence-electron chi connectivity index (χ3n) is 3.29. The van der Waals surface area contributed by atoms with Crippen LogP contribution >= 0.6 is 34.5 Å². The molecule has 108 valence electrons. The highest BCUT2D eigenvalue weighted by Crippen LogP contribution is 2.43. The maximum absolute atomic E-state index is 12.5. The Bertz CT molecular complexity index is 752. The van der Waals surface area contributed by atoms with E-state index in [0.717, 1.165) is 10.4 Å². The van der Waals surface area contributed by atoms with Crippen molar-refractivity contribution in [3.8, 4) is 5.75 Å². The number of fused-ring (bicyclic) bond motifs is 1. The quantitative estimate of drug-likeness (QED) is 0.624. The van der Waals surface area contributed by atoms with Gasteiger partial charge in [0.2, 0.25) is 5.78 Å². The summed E-state index contributed by atoms with van der Waals surface area (Å²) in [6.45, 7) is 1.93. The van der Waals surface area contributed by atoms with Crippen molar-refractivity contribution < 1.29 is 14.3 Å². The minimum atomic E-state index is -0.567. The third-order valence-corrected chi connectivity index (χ3v) is 5.14. The van der Waals surface area contributed by atoms with Crippen LogP contribution in [0.5, 0.6) is 5.75 Å². The van der Waals surface area contributed by atoms with Crippen LogP contribution in [-0.2, 0) is 11.2 Å². The van der Waals surface area contributed by atoms with Crippen LogP contribution in [0.15, 0.2) is 18.2 Å². The second-order valence-corrected chi connectivity index (χ2v) is 6.82. The van der Waals surface area contributed by atoms with Crippen LogP contribution in [-0.4, -0.2) is 18.2 Å². The average molecular weight is 341 g/mol. The minimum absolute atomic E-state index is 0.165. The van der Waals surface area contributed by atoms with Gasteiger partial charge in [0.15, 0.2) is 12.4 Å². The van der Waals surface area contributed by atoms with Gasteiger partial charge < -0.3 is 4.74 Å². The van der Waals surface area contributed by atoms with E-state index < -0.39 is 6.10 Å². The molecule has 2 heterocycles. The summed E-state index contributed by atoms with van der Waals surface area (Å²) in [5.74, 6) is 0.232. The Morgan fingerprint density at radius 2 is 2.14 bits per heavy atom. The normalized spacial score (nSPS) is 16.4. The molecule has 0 saturated carbocycles. The van der Waals surface area contributed by atoms with Crippen molar-refractivity contribution in [2.24, 2.45) is 0 Å². The number of aldehydes is 1. The number of ketones is 1. The summed E-state index contributed by atoms with van der Waals surface area (Å²) < 4.78 is 5.42. The molecule has 2 aromatic rings. The lowest BCUT2D eigenvalue weighted by Gasteiger charge is -2.09. The van der Waals surface area contributed by atoms with Gasteiger partial charge in [0.05, 0.1) is 9.90 Å². The standard InChI is InChI=1S/C15H10Cl2O3S/c1-7-2-3-11(21-7)14(19)10-5-8-4-9(6-18)20-15(8)13(17)12(10)16/h2-3,5-6,9H,4H2,1H3. The molecule has 3 nitrogen and oxygen atoms in total. The molecule has 0 saturated heterocycles. The molecule has 1 aliphatic heterocycles. The van der Waals surface area contributed by atoms with Crippen LogP contribution in [0.4, 0.5) is 0 Å². The van der Waals surface area contributed by atoms with Crippen LogP contribution in [0.2, 0.25) is 10.0 Å². The lowest BCUT2D eigenvalue weighted by molar-refractivity contribution is -0.113. The summed E-state index contributed by atoms with van der Waals surface area (Å²) in [5, 5.41) is 0.355. The Balaban J connectivity index is 2.07. The summed E-state index contributed by atoms with van der Waals surface area (Å²) in [6, 6.07) is 5.32. The molecule has 21 heavy (non-hydrogen) atoms. The maximum Gasteiger partial charge on any atom is 0.204 e. The molecule has 0 amide bonds. The van der Waals surface area contributed by atoms with E-state index in [1.54, 1.807) is 12.1 Å². The molecule has 0 radical (unpaired) electrons. The predicted molar refractivity (Wildman–Crippen MR) is 83.1 cm³/mol. The van der Waals surface area contributed by atoms with Crippen LogP contribution in [0.1, 0.15) is 25.7 Å². The topological polar surface area (TPSA) is 43.4 Å². The lowest BCUT2D eigenvalue weighted by atomic mass is 10.0. The number of ether oxygens (including phenoxy) is 1. The molecule has 0 spiro atoms. The summed E-state index contributed by atoms with van der Waals surface area (Å²) in [7, 11) is 0. The first-order chi connectivity index (χ1) is 10.0. The van der Waals surface area contributed by atoms with E-state index >= 15 is 0 Å². The largest absolute Gasteiger partial charge is 0.481 e. The first-order valence-corrected chi connectivity index (χ1v) is 7.82. The predicted octanol–water partition coefficient (Wildman–Crippen LogP) is 4.10. The number of rotatable bonds is 3. The fourth-order valence-corrected chi connectivity index (χ4v) is 3.60. The molecule has 0 aliphatic carbocycles. The average Bonchev–Trinajstić information content (AvgIpc) is 3.08. The number of hydrogen-bond donors (Lipinski definition) is 0. The molecule has 1 aromatic heterocycles. The second-order valence-electron chi connectivity index (χ2n) is 4.78. The van der Waals surface area contributed by atoms with Gasteiger partial charge >= 0.3 is 0 Å².